The first kappa shape index (κ1) is 12.3. The van der Waals surface area contributed by atoms with Crippen molar-refractivity contribution >= 4 is 17.7 Å². The van der Waals surface area contributed by atoms with Gasteiger partial charge in [-0.2, -0.15) is 0 Å². The number of rotatable bonds is 2. The molecule has 2 N–H and O–H groups in total. The number of amides is 1. The molecule has 1 unspecified atom stereocenters. The number of nitrogens with two attached hydrogens (primary N) is 1. The molecule has 0 radical (unpaired) electrons. The second-order valence-corrected chi connectivity index (χ2v) is 6.82. The molecule has 0 bridgehead atoms. The van der Waals surface area contributed by atoms with Gasteiger partial charge in [0, 0.05) is 29.8 Å². The minimum Gasteiger partial charge on any atom is -0.366 e. The number of pyridine rings is 1. The van der Waals surface area contributed by atoms with Crippen molar-refractivity contribution in [3.8, 4) is 0 Å². The summed E-state index contributed by atoms with van der Waals surface area (Å²) in [6.45, 7) is 4.23. The van der Waals surface area contributed by atoms with Crippen LogP contribution >= 0.6 is 11.8 Å². The second kappa shape index (κ2) is 4.13. The van der Waals surface area contributed by atoms with E-state index in [9.17, 15) is 4.79 Å². The summed E-state index contributed by atoms with van der Waals surface area (Å²) in [6.07, 6.45) is 5.57. The first-order valence-corrected chi connectivity index (χ1v) is 6.97. The van der Waals surface area contributed by atoms with Gasteiger partial charge in [-0.1, -0.05) is 6.07 Å². The van der Waals surface area contributed by atoms with Gasteiger partial charge in [-0.25, -0.2) is 0 Å². The molecule has 0 saturated heterocycles. The summed E-state index contributed by atoms with van der Waals surface area (Å²) in [4.78, 5) is 15.7. The SMILES string of the molecule is CC1(C)SC(c2cccnc2)n2ccc(C(N)=O)c21. The third-order valence-corrected chi connectivity index (χ3v) is 4.88. The van der Waals surface area contributed by atoms with Crippen molar-refractivity contribution in [3.63, 3.8) is 0 Å². The summed E-state index contributed by atoms with van der Waals surface area (Å²) in [5, 5.41) is 0.145. The van der Waals surface area contributed by atoms with Crippen molar-refractivity contribution in [3.05, 3.63) is 53.6 Å². The molecule has 0 fully saturated rings. The third kappa shape index (κ3) is 1.85. The van der Waals surface area contributed by atoms with E-state index in [-0.39, 0.29) is 16.0 Å². The van der Waals surface area contributed by atoms with Crippen molar-refractivity contribution in [2.75, 3.05) is 0 Å². The van der Waals surface area contributed by atoms with Gasteiger partial charge < -0.3 is 10.3 Å². The molecule has 0 aromatic carbocycles. The minimum absolute atomic E-state index is 0.144. The van der Waals surface area contributed by atoms with Crippen molar-refractivity contribution in [2.24, 2.45) is 5.73 Å². The smallest absolute Gasteiger partial charge is 0.250 e. The van der Waals surface area contributed by atoms with Crippen LogP contribution in [0.2, 0.25) is 0 Å². The van der Waals surface area contributed by atoms with Gasteiger partial charge in [0.05, 0.1) is 10.3 Å². The predicted molar refractivity (Wildman–Crippen MR) is 75.9 cm³/mol. The van der Waals surface area contributed by atoms with Crippen molar-refractivity contribution in [1.82, 2.24) is 9.55 Å². The fraction of sp³-hybridized carbons (Fsp3) is 0.286. The number of primary amides is 1. The van der Waals surface area contributed by atoms with E-state index in [4.69, 9.17) is 5.73 Å². The Morgan fingerprint density at radius 1 is 1.47 bits per heavy atom. The lowest BCUT2D eigenvalue weighted by Crippen LogP contribution is -2.18. The lowest BCUT2D eigenvalue weighted by atomic mass is 10.0. The highest BCUT2D eigenvalue weighted by Gasteiger charge is 2.41. The summed E-state index contributed by atoms with van der Waals surface area (Å²) >= 11 is 1.80. The summed E-state index contributed by atoms with van der Waals surface area (Å²) in [6, 6.07) is 5.79. The van der Waals surface area contributed by atoms with Gasteiger partial charge in [0.1, 0.15) is 5.37 Å². The van der Waals surface area contributed by atoms with E-state index < -0.39 is 0 Å². The topological polar surface area (TPSA) is 60.9 Å². The molecule has 5 heteroatoms. The molecule has 3 rings (SSSR count). The van der Waals surface area contributed by atoms with E-state index in [0.717, 1.165) is 11.3 Å². The van der Waals surface area contributed by atoms with Crippen LogP contribution in [-0.2, 0) is 4.75 Å². The largest absolute Gasteiger partial charge is 0.366 e. The van der Waals surface area contributed by atoms with E-state index in [1.54, 1.807) is 18.0 Å². The highest BCUT2D eigenvalue weighted by Crippen LogP contribution is 2.53. The zero-order valence-corrected chi connectivity index (χ0v) is 11.6. The van der Waals surface area contributed by atoms with Crippen LogP contribution < -0.4 is 5.73 Å². The first-order chi connectivity index (χ1) is 9.00. The maximum Gasteiger partial charge on any atom is 0.250 e. The molecular weight excluding hydrogens is 258 g/mol. The lowest BCUT2D eigenvalue weighted by molar-refractivity contribution is 0.0999. The average molecular weight is 273 g/mol. The molecule has 2 aromatic heterocycles. The molecular formula is C14H15N3OS. The standard InChI is InChI=1S/C14H15N3OS/c1-14(2)11-10(12(15)18)5-7-17(11)13(19-14)9-4-3-6-16-8-9/h3-8,13H,1-2H3,(H2,15,18). The zero-order chi connectivity index (χ0) is 13.6. The van der Waals surface area contributed by atoms with Gasteiger partial charge in [0.2, 0.25) is 0 Å². The average Bonchev–Trinajstić information content (AvgIpc) is 2.91. The number of hydrogen-bond acceptors (Lipinski definition) is 3. The minimum atomic E-state index is -0.366. The van der Waals surface area contributed by atoms with Crippen LogP contribution in [0.25, 0.3) is 0 Å². The van der Waals surface area contributed by atoms with Crippen molar-refractivity contribution in [1.29, 1.82) is 0 Å². The van der Waals surface area contributed by atoms with Gasteiger partial charge in [0.25, 0.3) is 5.91 Å². The third-order valence-electron chi connectivity index (χ3n) is 3.38. The molecule has 1 atom stereocenters. The number of hydrogen-bond donors (Lipinski definition) is 1. The molecule has 4 nitrogen and oxygen atoms in total. The Bertz CT molecular complexity index is 633. The van der Waals surface area contributed by atoms with Gasteiger partial charge in [-0.05, 0) is 26.0 Å². The van der Waals surface area contributed by atoms with Gasteiger partial charge >= 0.3 is 0 Å². The number of aromatic nitrogens is 2. The van der Waals surface area contributed by atoms with E-state index >= 15 is 0 Å². The van der Waals surface area contributed by atoms with E-state index in [1.807, 2.05) is 24.5 Å². The van der Waals surface area contributed by atoms with E-state index in [0.29, 0.717) is 5.56 Å². The summed E-state index contributed by atoms with van der Waals surface area (Å²) in [7, 11) is 0. The fourth-order valence-corrected chi connectivity index (χ4v) is 4.07. The Morgan fingerprint density at radius 3 is 2.89 bits per heavy atom. The Hall–Kier alpha value is -1.75. The zero-order valence-electron chi connectivity index (χ0n) is 10.8. The molecule has 3 heterocycles. The summed E-state index contributed by atoms with van der Waals surface area (Å²) in [5.74, 6) is -0.366. The van der Waals surface area contributed by atoms with Crippen LogP contribution in [0, 0.1) is 0 Å². The van der Waals surface area contributed by atoms with Crippen LogP contribution in [0.1, 0.15) is 40.8 Å². The van der Waals surface area contributed by atoms with Crippen LogP contribution in [0.4, 0.5) is 0 Å². The molecule has 1 amide bonds. The Kier molecular flexibility index (Phi) is 2.67. The fourth-order valence-electron chi connectivity index (χ4n) is 2.62. The maximum atomic E-state index is 11.5. The van der Waals surface area contributed by atoms with E-state index in [1.165, 1.54) is 0 Å². The molecule has 2 aromatic rings. The molecule has 98 valence electrons. The normalized spacial score (nSPS) is 20.2. The maximum absolute atomic E-state index is 11.5. The number of fused-ring (bicyclic) bond motifs is 1. The summed E-state index contributed by atoms with van der Waals surface area (Å²) in [5.41, 5.74) is 8.21. The number of carbonyl (C=O) groups excluding carboxylic acids is 1. The number of nitrogens with zero attached hydrogens (tertiary/aromatic N) is 2. The molecule has 1 aliphatic heterocycles. The molecule has 1 aliphatic rings. The van der Waals surface area contributed by atoms with Gasteiger partial charge in [-0.15, -0.1) is 11.8 Å². The van der Waals surface area contributed by atoms with E-state index in [2.05, 4.69) is 29.5 Å². The molecule has 19 heavy (non-hydrogen) atoms. The quantitative estimate of drug-likeness (QED) is 0.914. The highest BCUT2D eigenvalue weighted by molar-refractivity contribution is 8.00. The summed E-state index contributed by atoms with van der Waals surface area (Å²) < 4.78 is 1.98. The van der Waals surface area contributed by atoms with Crippen LogP contribution in [0.5, 0.6) is 0 Å². The predicted octanol–water partition coefficient (Wildman–Crippen LogP) is 2.51. The van der Waals surface area contributed by atoms with Gasteiger partial charge in [0.15, 0.2) is 0 Å². The van der Waals surface area contributed by atoms with Crippen LogP contribution in [0.3, 0.4) is 0 Å². The lowest BCUT2D eigenvalue weighted by Gasteiger charge is -2.18. The van der Waals surface area contributed by atoms with Crippen molar-refractivity contribution < 1.29 is 4.79 Å². The van der Waals surface area contributed by atoms with Crippen molar-refractivity contribution in [2.45, 2.75) is 24.0 Å². The molecule has 0 spiro atoms. The van der Waals surface area contributed by atoms with Crippen LogP contribution in [0.15, 0.2) is 36.8 Å². The number of thioether (sulfide) groups is 1. The second-order valence-electron chi connectivity index (χ2n) is 5.12. The molecule has 0 saturated carbocycles. The monoisotopic (exact) mass is 273 g/mol. The number of carbonyl (C=O) groups is 1. The van der Waals surface area contributed by atoms with Crippen LogP contribution in [-0.4, -0.2) is 15.5 Å². The Balaban J connectivity index is 2.14. The Labute approximate surface area is 116 Å². The highest BCUT2D eigenvalue weighted by atomic mass is 32.2. The van der Waals surface area contributed by atoms with Gasteiger partial charge in [-0.3, -0.25) is 9.78 Å². The Morgan fingerprint density at radius 2 is 2.26 bits per heavy atom. The molecule has 0 aliphatic carbocycles. The first-order valence-electron chi connectivity index (χ1n) is 6.09.